The normalized spacial score (nSPS) is 17.2. The number of amides is 3. The molecule has 7 nitrogen and oxygen atoms in total. The van der Waals surface area contributed by atoms with E-state index in [1.807, 2.05) is 0 Å². The van der Waals surface area contributed by atoms with Crippen LogP contribution in [0.1, 0.15) is 39.0 Å². The van der Waals surface area contributed by atoms with E-state index in [1.54, 1.807) is 0 Å². The molecule has 0 aliphatic heterocycles. The predicted octanol–water partition coefficient (Wildman–Crippen LogP) is 0.538. The number of hydrogen-bond donors (Lipinski definition) is 3. The highest BCUT2D eigenvalue weighted by Crippen LogP contribution is 2.34. The molecule has 1 aliphatic carbocycles. The predicted molar refractivity (Wildman–Crippen MR) is 73.0 cm³/mol. The molecule has 0 spiro atoms. The van der Waals surface area contributed by atoms with Crippen molar-refractivity contribution in [2.45, 2.75) is 39.0 Å². The monoisotopic (exact) mass is 285 g/mol. The zero-order chi connectivity index (χ0) is 15.2. The number of nitrogens with zero attached hydrogens (tertiary/aromatic N) is 1. The topological polar surface area (TPSA) is 113 Å². The largest absolute Gasteiger partial charge is 0.480 e. The summed E-state index contributed by atoms with van der Waals surface area (Å²) in [5, 5.41) is 11.5. The average Bonchev–Trinajstić information content (AvgIpc) is 2.35. The molecule has 1 saturated carbocycles. The van der Waals surface area contributed by atoms with Crippen LogP contribution in [0.4, 0.5) is 4.79 Å². The highest BCUT2D eigenvalue weighted by Gasteiger charge is 2.28. The first-order chi connectivity index (χ1) is 9.32. The second-order valence-electron chi connectivity index (χ2n) is 5.75. The maximum atomic E-state index is 11.9. The molecule has 3 amide bonds. The Morgan fingerprint density at radius 2 is 1.80 bits per heavy atom. The number of nitrogens with one attached hydrogen (secondary N) is 1. The molecule has 1 fully saturated rings. The van der Waals surface area contributed by atoms with Gasteiger partial charge in [-0.05, 0) is 18.3 Å². The Balaban J connectivity index is 2.52. The van der Waals surface area contributed by atoms with E-state index < -0.39 is 31.0 Å². The van der Waals surface area contributed by atoms with E-state index in [1.165, 1.54) is 6.42 Å². The van der Waals surface area contributed by atoms with Crippen LogP contribution in [0.5, 0.6) is 0 Å². The Kier molecular flexibility index (Phi) is 5.79. The molecule has 0 atom stereocenters. The van der Waals surface area contributed by atoms with Crippen LogP contribution in [-0.4, -0.2) is 47.5 Å². The first-order valence-corrected chi connectivity index (χ1v) is 6.85. The van der Waals surface area contributed by atoms with Crippen LogP contribution in [0.3, 0.4) is 0 Å². The van der Waals surface area contributed by atoms with E-state index in [2.05, 4.69) is 12.2 Å². The highest BCUT2D eigenvalue weighted by molar-refractivity contribution is 5.85. The minimum Gasteiger partial charge on any atom is -0.480 e. The fraction of sp³-hybridized carbons (Fsp3) is 0.769. The molecule has 0 aromatic heterocycles. The lowest BCUT2D eigenvalue weighted by Crippen LogP contribution is -2.49. The van der Waals surface area contributed by atoms with Gasteiger partial charge >= 0.3 is 12.0 Å². The van der Waals surface area contributed by atoms with Crippen molar-refractivity contribution in [3.8, 4) is 0 Å². The summed E-state index contributed by atoms with van der Waals surface area (Å²) in [5.41, 5.74) is 5.07. The maximum Gasteiger partial charge on any atom is 0.323 e. The van der Waals surface area contributed by atoms with Crippen molar-refractivity contribution in [1.82, 2.24) is 10.2 Å². The zero-order valence-electron chi connectivity index (χ0n) is 11.9. The van der Waals surface area contributed by atoms with Crippen LogP contribution < -0.4 is 11.1 Å². The molecule has 1 rings (SSSR count). The first kappa shape index (κ1) is 16.3. The summed E-state index contributed by atoms with van der Waals surface area (Å²) < 4.78 is 0. The SMILES string of the molecule is CC1(CNC(=O)N(CC(N)=O)CC(=O)O)CCCCC1. The molecule has 0 saturated heterocycles. The molecular weight excluding hydrogens is 262 g/mol. The minimum atomic E-state index is -1.18. The highest BCUT2D eigenvalue weighted by atomic mass is 16.4. The second kappa shape index (κ2) is 7.12. The van der Waals surface area contributed by atoms with Gasteiger partial charge in [0.25, 0.3) is 0 Å². The number of hydrogen-bond acceptors (Lipinski definition) is 3. The average molecular weight is 285 g/mol. The summed E-state index contributed by atoms with van der Waals surface area (Å²) >= 11 is 0. The van der Waals surface area contributed by atoms with Crippen LogP contribution in [0, 0.1) is 5.41 Å². The van der Waals surface area contributed by atoms with Gasteiger partial charge in [0.15, 0.2) is 0 Å². The molecule has 0 radical (unpaired) electrons. The van der Waals surface area contributed by atoms with Crippen molar-refractivity contribution in [3.05, 3.63) is 0 Å². The van der Waals surface area contributed by atoms with E-state index in [0.29, 0.717) is 6.54 Å². The fourth-order valence-corrected chi connectivity index (χ4v) is 2.53. The Bertz CT molecular complexity index is 362. The van der Waals surface area contributed by atoms with Gasteiger partial charge < -0.3 is 21.1 Å². The number of aliphatic carboxylic acids is 1. The fourth-order valence-electron chi connectivity index (χ4n) is 2.53. The Morgan fingerprint density at radius 3 is 2.30 bits per heavy atom. The van der Waals surface area contributed by atoms with Gasteiger partial charge in [0.1, 0.15) is 13.1 Å². The van der Waals surface area contributed by atoms with Crippen LogP contribution in [0.25, 0.3) is 0 Å². The van der Waals surface area contributed by atoms with Crippen molar-refractivity contribution in [2.24, 2.45) is 11.1 Å². The van der Waals surface area contributed by atoms with E-state index in [-0.39, 0.29) is 5.41 Å². The number of carboxylic acids is 1. The third-order valence-electron chi connectivity index (χ3n) is 3.69. The third kappa shape index (κ3) is 5.46. The second-order valence-corrected chi connectivity index (χ2v) is 5.75. The van der Waals surface area contributed by atoms with Crippen LogP contribution >= 0.6 is 0 Å². The van der Waals surface area contributed by atoms with Crippen molar-refractivity contribution in [3.63, 3.8) is 0 Å². The number of carboxylic acid groups (broad SMARTS) is 1. The van der Waals surface area contributed by atoms with E-state index in [4.69, 9.17) is 10.8 Å². The van der Waals surface area contributed by atoms with E-state index in [9.17, 15) is 14.4 Å². The zero-order valence-corrected chi connectivity index (χ0v) is 11.9. The van der Waals surface area contributed by atoms with Gasteiger partial charge in [-0.2, -0.15) is 0 Å². The Hall–Kier alpha value is -1.79. The van der Waals surface area contributed by atoms with Crippen molar-refractivity contribution < 1.29 is 19.5 Å². The van der Waals surface area contributed by atoms with Crippen molar-refractivity contribution in [1.29, 1.82) is 0 Å². The summed E-state index contributed by atoms with van der Waals surface area (Å²) in [5.74, 6) is -1.91. The van der Waals surface area contributed by atoms with Gasteiger partial charge in [0.2, 0.25) is 5.91 Å². The molecule has 20 heavy (non-hydrogen) atoms. The summed E-state index contributed by atoms with van der Waals surface area (Å²) in [6, 6.07) is -0.557. The van der Waals surface area contributed by atoms with E-state index >= 15 is 0 Å². The van der Waals surface area contributed by atoms with Gasteiger partial charge in [-0.1, -0.05) is 26.2 Å². The number of carbonyl (C=O) groups excluding carboxylic acids is 2. The first-order valence-electron chi connectivity index (χ1n) is 6.85. The van der Waals surface area contributed by atoms with Gasteiger partial charge in [-0.15, -0.1) is 0 Å². The lowest BCUT2D eigenvalue weighted by Gasteiger charge is -2.34. The lowest BCUT2D eigenvalue weighted by atomic mass is 9.76. The molecule has 4 N–H and O–H groups in total. The molecule has 0 aromatic carbocycles. The van der Waals surface area contributed by atoms with Crippen LogP contribution in [0.15, 0.2) is 0 Å². The number of primary amides is 1. The number of rotatable bonds is 6. The molecular formula is C13H23N3O4. The molecule has 0 heterocycles. The lowest BCUT2D eigenvalue weighted by molar-refractivity contribution is -0.137. The molecule has 1 aliphatic rings. The Morgan fingerprint density at radius 1 is 1.20 bits per heavy atom. The van der Waals surface area contributed by atoms with Crippen molar-refractivity contribution >= 4 is 17.9 Å². The summed E-state index contributed by atoms with van der Waals surface area (Å²) in [6.45, 7) is 1.67. The summed E-state index contributed by atoms with van der Waals surface area (Å²) in [4.78, 5) is 34.4. The standard InChI is InChI=1S/C13H23N3O4/c1-13(5-3-2-4-6-13)9-15-12(20)16(7-10(14)17)8-11(18)19/h2-9H2,1H3,(H2,14,17)(H,15,20)(H,18,19). The quantitative estimate of drug-likeness (QED) is 0.661. The molecule has 114 valence electrons. The molecule has 0 aromatic rings. The van der Waals surface area contributed by atoms with Gasteiger partial charge in [-0.25, -0.2) is 4.79 Å². The number of urea groups is 1. The Labute approximate surface area is 118 Å². The molecule has 7 heteroatoms. The van der Waals surface area contributed by atoms with Crippen LogP contribution in [-0.2, 0) is 9.59 Å². The van der Waals surface area contributed by atoms with E-state index in [0.717, 1.165) is 30.6 Å². The number of carbonyl (C=O) groups is 3. The molecule has 0 unspecified atom stereocenters. The smallest absolute Gasteiger partial charge is 0.323 e. The maximum absolute atomic E-state index is 11.9. The van der Waals surface area contributed by atoms with Crippen LogP contribution in [0.2, 0.25) is 0 Å². The van der Waals surface area contributed by atoms with Crippen molar-refractivity contribution in [2.75, 3.05) is 19.6 Å². The molecule has 0 bridgehead atoms. The minimum absolute atomic E-state index is 0.0511. The summed E-state index contributed by atoms with van der Waals surface area (Å²) in [7, 11) is 0. The van der Waals surface area contributed by atoms with Gasteiger partial charge in [0, 0.05) is 6.54 Å². The third-order valence-corrected chi connectivity index (χ3v) is 3.69. The van der Waals surface area contributed by atoms with Gasteiger partial charge in [-0.3, -0.25) is 9.59 Å². The van der Waals surface area contributed by atoms with Gasteiger partial charge in [0.05, 0.1) is 0 Å². The summed E-state index contributed by atoms with van der Waals surface area (Å²) in [6.07, 6.45) is 5.60. The number of nitrogens with two attached hydrogens (primary N) is 1.